The van der Waals surface area contributed by atoms with Gasteiger partial charge in [0.25, 0.3) is 0 Å². The van der Waals surface area contributed by atoms with Gasteiger partial charge in [0.05, 0.1) is 6.61 Å². The molecule has 0 heterocycles. The van der Waals surface area contributed by atoms with Crippen molar-refractivity contribution < 1.29 is 13.9 Å². The van der Waals surface area contributed by atoms with Gasteiger partial charge in [-0.15, -0.1) is 4.91 Å². The van der Waals surface area contributed by atoms with Crippen LogP contribution in [-0.4, -0.2) is 26.0 Å². The Labute approximate surface area is 99.8 Å². The van der Waals surface area contributed by atoms with E-state index in [0.29, 0.717) is 13.2 Å². The van der Waals surface area contributed by atoms with Gasteiger partial charge in [-0.3, -0.25) is 0 Å². The van der Waals surface area contributed by atoms with Crippen LogP contribution in [-0.2, 0) is 9.47 Å². The summed E-state index contributed by atoms with van der Waals surface area (Å²) in [4.78, 5) is 10.6. The highest BCUT2D eigenvalue weighted by molar-refractivity contribution is 5.35. The molecule has 1 aliphatic rings. The van der Waals surface area contributed by atoms with Gasteiger partial charge in [-0.25, -0.2) is 4.39 Å². The molecule has 0 bridgehead atoms. The van der Waals surface area contributed by atoms with E-state index in [2.05, 4.69) is 5.18 Å². The van der Waals surface area contributed by atoms with Crippen molar-refractivity contribution in [1.82, 2.24) is 0 Å². The molecule has 0 saturated heterocycles. The second kappa shape index (κ2) is 6.96. The fourth-order valence-electron chi connectivity index (χ4n) is 1.37. The van der Waals surface area contributed by atoms with Crippen LogP contribution in [0.3, 0.4) is 0 Å². The van der Waals surface area contributed by atoms with Gasteiger partial charge in [-0.2, -0.15) is 0 Å². The predicted molar refractivity (Wildman–Crippen MR) is 63.1 cm³/mol. The fourth-order valence-corrected chi connectivity index (χ4v) is 1.37. The minimum atomic E-state index is -1.52. The van der Waals surface area contributed by atoms with Crippen molar-refractivity contribution in [1.29, 1.82) is 0 Å². The summed E-state index contributed by atoms with van der Waals surface area (Å²) in [5.74, 6) is 0.167. The van der Waals surface area contributed by atoms with Crippen LogP contribution in [0.15, 0.2) is 40.4 Å². The number of allylic oxidation sites excluding steroid dienone is 4. The van der Waals surface area contributed by atoms with E-state index in [0.717, 1.165) is 5.57 Å². The number of alkyl halides is 1. The number of nitroso groups, excluding NO2 is 1. The maximum absolute atomic E-state index is 13.6. The van der Waals surface area contributed by atoms with Crippen molar-refractivity contribution in [3.8, 4) is 0 Å². The zero-order valence-electron chi connectivity index (χ0n) is 9.98. The van der Waals surface area contributed by atoms with E-state index in [1.807, 2.05) is 6.92 Å². The third-order valence-corrected chi connectivity index (χ3v) is 2.21. The van der Waals surface area contributed by atoms with Gasteiger partial charge >= 0.3 is 0 Å². The maximum Gasteiger partial charge on any atom is 0.168 e. The Morgan fingerprint density at radius 2 is 2.18 bits per heavy atom. The number of ether oxygens (including phenoxy) is 2. The second-order valence-corrected chi connectivity index (χ2v) is 3.53. The SMILES string of the molecule is CCOCCOC1=C(N=O)C(F)C=C(C)C=C1. The van der Waals surface area contributed by atoms with Crippen LogP contribution in [0.5, 0.6) is 0 Å². The molecule has 0 fully saturated rings. The van der Waals surface area contributed by atoms with E-state index in [1.54, 1.807) is 19.1 Å². The lowest BCUT2D eigenvalue weighted by atomic mass is 10.2. The van der Waals surface area contributed by atoms with Crippen LogP contribution in [0.25, 0.3) is 0 Å². The number of hydrogen-bond donors (Lipinski definition) is 0. The smallest absolute Gasteiger partial charge is 0.168 e. The number of hydrogen-bond acceptors (Lipinski definition) is 4. The second-order valence-electron chi connectivity index (χ2n) is 3.53. The van der Waals surface area contributed by atoms with Gasteiger partial charge in [0.2, 0.25) is 0 Å². The molecule has 17 heavy (non-hydrogen) atoms. The van der Waals surface area contributed by atoms with Crippen molar-refractivity contribution in [2.75, 3.05) is 19.8 Å². The van der Waals surface area contributed by atoms with Crippen molar-refractivity contribution in [2.45, 2.75) is 20.0 Å². The Hall–Kier alpha value is -1.49. The van der Waals surface area contributed by atoms with E-state index in [4.69, 9.17) is 9.47 Å². The van der Waals surface area contributed by atoms with Gasteiger partial charge in [0.1, 0.15) is 12.4 Å². The molecule has 0 aromatic heterocycles. The molecule has 5 heteroatoms. The molecule has 0 amide bonds. The number of rotatable bonds is 6. The molecule has 1 aliphatic carbocycles. The lowest BCUT2D eigenvalue weighted by Crippen LogP contribution is -2.07. The lowest BCUT2D eigenvalue weighted by molar-refractivity contribution is 0.0850. The van der Waals surface area contributed by atoms with Crippen molar-refractivity contribution in [2.24, 2.45) is 5.18 Å². The zero-order valence-corrected chi connectivity index (χ0v) is 9.98. The molecular weight excluding hydrogens is 225 g/mol. The molecule has 1 rings (SSSR count). The summed E-state index contributed by atoms with van der Waals surface area (Å²) in [5.41, 5.74) is 0.497. The molecule has 1 atom stereocenters. The fraction of sp³-hybridized carbons (Fsp3) is 0.500. The van der Waals surface area contributed by atoms with Gasteiger partial charge in [-0.05, 0) is 31.2 Å². The Morgan fingerprint density at radius 1 is 1.41 bits per heavy atom. The van der Waals surface area contributed by atoms with E-state index in [9.17, 15) is 9.30 Å². The number of halogens is 1. The van der Waals surface area contributed by atoms with Crippen LogP contribution < -0.4 is 0 Å². The summed E-state index contributed by atoms with van der Waals surface area (Å²) >= 11 is 0. The first-order valence-electron chi connectivity index (χ1n) is 5.47. The van der Waals surface area contributed by atoms with Crippen LogP contribution >= 0.6 is 0 Å². The van der Waals surface area contributed by atoms with Gasteiger partial charge in [0, 0.05) is 6.61 Å². The molecule has 4 nitrogen and oxygen atoms in total. The Balaban J connectivity index is 2.71. The van der Waals surface area contributed by atoms with E-state index in [1.165, 1.54) is 6.08 Å². The molecule has 0 saturated carbocycles. The first kappa shape index (κ1) is 13.6. The third kappa shape index (κ3) is 4.11. The summed E-state index contributed by atoms with van der Waals surface area (Å²) in [5, 5.41) is 2.70. The van der Waals surface area contributed by atoms with Gasteiger partial charge < -0.3 is 9.47 Å². The highest BCUT2D eigenvalue weighted by atomic mass is 19.1. The van der Waals surface area contributed by atoms with Crippen LogP contribution in [0.4, 0.5) is 4.39 Å². The average Bonchev–Trinajstić information content (AvgIpc) is 2.43. The van der Waals surface area contributed by atoms with Gasteiger partial charge in [-0.1, -0.05) is 11.6 Å². The Kier molecular flexibility index (Phi) is 5.56. The molecule has 0 aromatic rings. The molecule has 0 N–H and O–H groups in total. The molecule has 0 radical (unpaired) electrons. The summed E-state index contributed by atoms with van der Waals surface area (Å²) in [6.45, 7) is 4.85. The normalized spacial score (nSPS) is 19.9. The molecular formula is C12H16FNO3. The average molecular weight is 241 g/mol. The summed E-state index contributed by atoms with van der Waals surface area (Å²) in [6, 6.07) is 0. The van der Waals surface area contributed by atoms with E-state index >= 15 is 0 Å². The van der Waals surface area contributed by atoms with Crippen LogP contribution in [0, 0.1) is 4.91 Å². The standard InChI is InChI=1S/C12H16FNO3/c1-3-16-6-7-17-11-5-4-9(2)8-10(13)12(11)14-15/h4-5,8,10H,3,6-7H2,1-2H3. The monoisotopic (exact) mass is 241 g/mol. The Bertz CT molecular complexity index is 361. The molecule has 0 spiro atoms. The van der Waals surface area contributed by atoms with Crippen molar-refractivity contribution >= 4 is 0 Å². The summed E-state index contributed by atoms with van der Waals surface area (Å²) in [6.07, 6.45) is 3.03. The van der Waals surface area contributed by atoms with E-state index < -0.39 is 6.17 Å². The quantitative estimate of drug-likeness (QED) is 0.530. The summed E-state index contributed by atoms with van der Waals surface area (Å²) < 4.78 is 24.0. The Morgan fingerprint density at radius 3 is 2.82 bits per heavy atom. The molecule has 0 aliphatic heterocycles. The van der Waals surface area contributed by atoms with Crippen molar-refractivity contribution in [3.63, 3.8) is 0 Å². The first-order chi connectivity index (χ1) is 8.19. The van der Waals surface area contributed by atoms with Gasteiger partial charge in [0.15, 0.2) is 11.9 Å². The zero-order chi connectivity index (χ0) is 12.7. The minimum absolute atomic E-state index is 0.167. The number of nitrogens with zero attached hydrogens (tertiary/aromatic N) is 1. The first-order valence-corrected chi connectivity index (χ1v) is 5.47. The molecule has 1 unspecified atom stereocenters. The predicted octanol–water partition coefficient (Wildman–Crippen LogP) is 2.87. The molecule has 0 aromatic carbocycles. The maximum atomic E-state index is 13.6. The highest BCUT2D eigenvalue weighted by Crippen LogP contribution is 2.22. The van der Waals surface area contributed by atoms with Crippen LogP contribution in [0.2, 0.25) is 0 Å². The largest absolute Gasteiger partial charge is 0.489 e. The topological polar surface area (TPSA) is 47.9 Å². The molecule has 94 valence electrons. The lowest BCUT2D eigenvalue weighted by Gasteiger charge is -2.09. The van der Waals surface area contributed by atoms with Crippen molar-refractivity contribution in [3.05, 3.63) is 40.2 Å². The van der Waals surface area contributed by atoms with E-state index in [-0.39, 0.29) is 18.1 Å². The minimum Gasteiger partial charge on any atom is -0.489 e. The van der Waals surface area contributed by atoms with Crippen LogP contribution in [0.1, 0.15) is 13.8 Å². The highest BCUT2D eigenvalue weighted by Gasteiger charge is 2.19. The third-order valence-electron chi connectivity index (χ3n) is 2.21. The summed E-state index contributed by atoms with van der Waals surface area (Å²) in [7, 11) is 0.